The van der Waals surface area contributed by atoms with Crippen LogP contribution in [0.4, 0.5) is 0 Å². The van der Waals surface area contributed by atoms with Gasteiger partial charge in [-0.1, -0.05) is 42.5 Å². The molecule has 132 valence electrons. The van der Waals surface area contributed by atoms with Gasteiger partial charge in [-0.25, -0.2) is 0 Å². The molecule has 0 spiro atoms. The van der Waals surface area contributed by atoms with E-state index in [1.165, 1.54) is 6.26 Å². The van der Waals surface area contributed by atoms with Crippen molar-refractivity contribution in [2.75, 3.05) is 6.61 Å². The molecule has 0 aliphatic carbocycles. The second kappa shape index (κ2) is 7.70. The highest BCUT2D eigenvalue weighted by Gasteiger charge is 2.17. The molecule has 0 saturated carbocycles. The van der Waals surface area contributed by atoms with E-state index >= 15 is 0 Å². The van der Waals surface area contributed by atoms with Crippen molar-refractivity contribution < 1.29 is 13.9 Å². The maximum atomic E-state index is 12.7. The van der Waals surface area contributed by atoms with Gasteiger partial charge in [0.25, 0.3) is 0 Å². The molecule has 0 saturated heterocycles. The van der Waals surface area contributed by atoms with Crippen LogP contribution in [0.2, 0.25) is 0 Å². The zero-order chi connectivity index (χ0) is 18.5. The Hall–Kier alpha value is -3.66. The second-order valence-electron chi connectivity index (χ2n) is 5.98. The Balaban J connectivity index is 1.52. The lowest BCUT2D eigenvalue weighted by molar-refractivity contribution is 0.103. The number of ether oxygens (including phenoxy) is 1. The zero-order valence-corrected chi connectivity index (χ0v) is 14.5. The third-order valence-electron chi connectivity index (χ3n) is 4.14. The number of benzene rings is 2. The normalized spacial score (nSPS) is 11.1. The van der Waals surface area contributed by atoms with Crippen molar-refractivity contribution in [3.8, 4) is 5.75 Å². The van der Waals surface area contributed by atoms with Gasteiger partial charge in [0.05, 0.1) is 5.56 Å². The van der Waals surface area contributed by atoms with E-state index in [2.05, 4.69) is 4.98 Å². The molecule has 2 aromatic carbocycles. The van der Waals surface area contributed by atoms with E-state index in [0.29, 0.717) is 29.2 Å². The van der Waals surface area contributed by atoms with Crippen LogP contribution in [0.25, 0.3) is 17.0 Å². The van der Waals surface area contributed by atoms with Gasteiger partial charge >= 0.3 is 0 Å². The number of rotatable bonds is 6. The lowest BCUT2D eigenvalue weighted by Gasteiger charge is -2.04. The Kier molecular flexibility index (Phi) is 4.79. The molecule has 0 fully saturated rings. The first-order valence-electron chi connectivity index (χ1n) is 8.62. The molecule has 2 aromatic heterocycles. The van der Waals surface area contributed by atoms with Gasteiger partial charge in [0.15, 0.2) is 0 Å². The fraction of sp³-hybridized carbons (Fsp3) is 0.0435. The molecular formula is C23H17NO3. The molecule has 0 unspecified atom stereocenters. The molecule has 0 N–H and O–H groups in total. The number of aromatic nitrogens is 1. The smallest absolute Gasteiger partial charge is 0.215 e. The highest BCUT2D eigenvalue weighted by atomic mass is 16.5. The third kappa shape index (κ3) is 3.80. The average molecular weight is 355 g/mol. The van der Waals surface area contributed by atoms with Crippen molar-refractivity contribution in [1.82, 2.24) is 4.98 Å². The van der Waals surface area contributed by atoms with Gasteiger partial charge in [0, 0.05) is 11.6 Å². The quantitative estimate of drug-likeness (QED) is 0.449. The Labute approximate surface area is 156 Å². The molecule has 4 rings (SSSR count). The van der Waals surface area contributed by atoms with Crippen LogP contribution in [0.3, 0.4) is 0 Å². The number of nitrogens with zero attached hydrogens (tertiary/aromatic N) is 1. The first kappa shape index (κ1) is 16.8. The van der Waals surface area contributed by atoms with E-state index in [9.17, 15) is 4.79 Å². The van der Waals surface area contributed by atoms with Crippen LogP contribution >= 0.6 is 0 Å². The summed E-state index contributed by atoms with van der Waals surface area (Å²) in [5.74, 6) is 0.507. The SMILES string of the molecule is O=C(c1ccccn1)c1coc2ccc(OC/C=C/c3ccccc3)cc12. The van der Waals surface area contributed by atoms with Crippen LogP contribution in [-0.2, 0) is 0 Å². The third-order valence-corrected chi connectivity index (χ3v) is 4.14. The standard InChI is InChI=1S/C23H17NO3/c25-23(21-10-4-5-13-24-21)20-16-27-22-12-11-18(15-19(20)22)26-14-6-9-17-7-2-1-3-8-17/h1-13,15-16H,14H2/b9-6+. The summed E-state index contributed by atoms with van der Waals surface area (Å²) in [5, 5.41) is 0.718. The largest absolute Gasteiger partial charge is 0.490 e. The fourth-order valence-corrected chi connectivity index (χ4v) is 2.80. The van der Waals surface area contributed by atoms with E-state index in [4.69, 9.17) is 9.15 Å². The summed E-state index contributed by atoms with van der Waals surface area (Å²) in [5.41, 5.74) is 2.63. The minimum Gasteiger partial charge on any atom is -0.490 e. The van der Waals surface area contributed by atoms with Crippen LogP contribution < -0.4 is 4.74 Å². The van der Waals surface area contributed by atoms with E-state index in [0.717, 1.165) is 10.9 Å². The van der Waals surface area contributed by atoms with Gasteiger partial charge in [-0.15, -0.1) is 0 Å². The van der Waals surface area contributed by atoms with Crippen LogP contribution in [0.5, 0.6) is 5.75 Å². The molecular weight excluding hydrogens is 338 g/mol. The lowest BCUT2D eigenvalue weighted by atomic mass is 10.1. The van der Waals surface area contributed by atoms with E-state index in [-0.39, 0.29) is 5.78 Å². The highest BCUT2D eigenvalue weighted by Crippen LogP contribution is 2.27. The Bertz CT molecular complexity index is 1080. The van der Waals surface area contributed by atoms with Crippen LogP contribution in [0.1, 0.15) is 21.6 Å². The predicted octanol–water partition coefficient (Wildman–Crippen LogP) is 5.15. The number of pyridine rings is 1. The zero-order valence-electron chi connectivity index (χ0n) is 14.5. The second-order valence-corrected chi connectivity index (χ2v) is 5.98. The van der Waals surface area contributed by atoms with Crippen molar-refractivity contribution >= 4 is 22.8 Å². The molecule has 0 amide bonds. The van der Waals surface area contributed by atoms with Gasteiger partial charge < -0.3 is 9.15 Å². The maximum Gasteiger partial charge on any atom is 0.215 e. The van der Waals surface area contributed by atoms with Crippen LogP contribution in [0.15, 0.2) is 89.7 Å². The predicted molar refractivity (Wildman–Crippen MR) is 105 cm³/mol. The molecule has 0 aliphatic heterocycles. The van der Waals surface area contributed by atoms with Crippen molar-refractivity contribution in [1.29, 1.82) is 0 Å². The van der Waals surface area contributed by atoms with Crippen LogP contribution in [0, 0.1) is 0 Å². The van der Waals surface area contributed by atoms with Crippen molar-refractivity contribution in [2.24, 2.45) is 0 Å². The molecule has 2 heterocycles. The number of ketones is 1. The highest BCUT2D eigenvalue weighted by molar-refractivity contribution is 6.15. The summed E-state index contributed by atoms with van der Waals surface area (Å²) in [4.78, 5) is 16.8. The summed E-state index contributed by atoms with van der Waals surface area (Å²) < 4.78 is 11.3. The number of carbonyl (C=O) groups excluding carboxylic acids is 1. The Morgan fingerprint density at radius 3 is 2.70 bits per heavy atom. The topological polar surface area (TPSA) is 52.3 Å². The van der Waals surface area contributed by atoms with E-state index in [1.807, 2.05) is 54.6 Å². The van der Waals surface area contributed by atoms with Crippen molar-refractivity contribution in [3.63, 3.8) is 0 Å². The summed E-state index contributed by atoms with van der Waals surface area (Å²) in [6.45, 7) is 0.432. The average Bonchev–Trinajstić information content (AvgIpc) is 3.15. The van der Waals surface area contributed by atoms with E-state index in [1.54, 1.807) is 30.5 Å². The monoisotopic (exact) mass is 355 g/mol. The van der Waals surface area contributed by atoms with Gasteiger partial charge in [-0.05, 0) is 42.0 Å². The first-order chi connectivity index (χ1) is 13.3. The number of furan rings is 1. The molecule has 4 aromatic rings. The minimum absolute atomic E-state index is 0.171. The van der Waals surface area contributed by atoms with Crippen molar-refractivity contribution in [3.05, 3.63) is 102 Å². The summed E-state index contributed by atoms with van der Waals surface area (Å²) >= 11 is 0. The first-order valence-corrected chi connectivity index (χ1v) is 8.62. The fourth-order valence-electron chi connectivity index (χ4n) is 2.80. The van der Waals surface area contributed by atoms with Gasteiger partial charge in [0.2, 0.25) is 5.78 Å². The number of carbonyl (C=O) groups is 1. The summed E-state index contributed by atoms with van der Waals surface area (Å²) in [7, 11) is 0. The number of hydrogen-bond acceptors (Lipinski definition) is 4. The molecule has 0 radical (unpaired) electrons. The van der Waals surface area contributed by atoms with Gasteiger partial charge in [0.1, 0.15) is 29.9 Å². The Morgan fingerprint density at radius 2 is 1.89 bits per heavy atom. The molecule has 4 heteroatoms. The molecule has 0 bridgehead atoms. The Morgan fingerprint density at radius 1 is 1.04 bits per heavy atom. The lowest BCUT2D eigenvalue weighted by Crippen LogP contribution is -2.02. The minimum atomic E-state index is -0.171. The number of hydrogen-bond donors (Lipinski definition) is 0. The van der Waals surface area contributed by atoms with Crippen molar-refractivity contribution in [2.45, 2.75) is 0 Å². The summed E-state index contributed by atoms with van der Waals surface area (Å²) in [6, 6.07) is 20.8. The molecule has 0 atom stereocenters. The summed E-state index contributed by atoms with van der Waals surface area (Å²) in [6.07, 6.45) is 7.03. The van der Waals surface area contributed by atoms with E-state index < -0.39 is 0 Å². The van der Waals surface area contributed by atoms with Crippen LogP contribution in [-0.4, -0.2) is 17.4 Å². The van der Waals surface area contributed by atoms with Gasteiger partial charge in [-0.2, -0.15) is 0 Å². The molecule has 0 aliphatic rings. The molecule has 27 heavy (non-hydrogen) atoms. The van der Waals surface area contributed by atoms with Gasteiger partial charge in [-0.3, -0.25) is 9.78 Å². The molecule has 4 nitrogen and oxygen atoms in total. The number of fused-ring (bicyclic) bond motifs is 1. The maximum absolute atomic E-state index is 12.7.